The van der Waals surface area contributed by atoms with Gasteiger partial charge in [0, 0.05) is 73.4 Å². The van der Waals surface area contributed by atoms with Crippen LogP contribution in [0.3, 0.4) is 0 Å². The van der Waals surface area contributed by atoms with Crippen molar-refractivity contribution in [3.05, 3.63) is 77.5 Å². The molecular weight excluding hydrogens is 422 g/mol. The van der Waals surface area contributed by atoms with Crippen LogP contribution >= 0.6 is 0 Å². The molecule has 34 heavy (non-hydrogen) atoms. The third-order valence-electron chi connectivity index (χ3n) is 7.55. The normalized spacial score (nSPS) is 17.1. The molecular formula is C29H35N3O2. The van der Waals surface area contributed by atoms with E-state index in [0.29, 0.717) is 5.92 Å². The van der Waals surface area contributed by atoms with E-state index in [1.54, 1.807) is 7.11 Å². The highest BCUT2D eigenvalue weighted by atomic mass is 16.5. The number of hydrogen-bond donors (Lipinski definition) is 0. The molecule has 5 rings (SSSR count). The zero-order valence-corrected chi connectivity index (χ0v) is 20.4. The molecule has 1 aromatic heterocycles. The number of benzene rings is 2. The fourth-order valence-corrected chi connectivity index (χ4v) is 5.58. The zero-order valence-electron chi connectivity index (χ0n) is 20.4. The van der Waals surface area contributed by atoms with Crippen molar-refractivity contribution in [3.63, 3.8) is 0 Å². The first-order valence-corrected chi connectivity index (χ1v) is 12.5. The average molecular weight is 458 g/mol. The molecule has 3 aromatic rings. The van der Waals surface area contributed by atoms with Gasteiger partial charge in [-0.15, -0.1) is 6.58 Å². The van der Waals surface area contributed by atoms with Crippen molar-refractivity contribution in [2.24, 2.45) is 5.92 Å². The first-order valence-electron chi connectivity index (χ1n) is 12.5. The molecule has 0 radical (unpaired) electrons. The Bertz CT molecular complexity index is 1200. The van der Waals surface area contributed by atoms with Crippen molar-refractivity contribution in [3.8, 4) is 5.75 Å². The second-order valence-electron chi connectivity index (χ2n) is 9.80. The molecule has 0 atom stereocenters. The van der Waals surface area contributed by atoms with Gasteiger partial charge in [0.05, 0.1) is 7.11 Å². The van der Waals surface area contributed by atoms with Crippen molar-refractivity contribution in [2.75, 3.05) is 26.7 Å². The summed E-state index contributed by atoms with van der Waals surface area (Å²) in [6.07, 6.45) is 5.14. The first kappa shape index (κ1) is 22.7. The van der Waals surface area contributed by atoms with Gasteiger partial charge in [-0.3, -0.25) is 9.69 Å². The summed E-state index contributed by atoms with van der Waals surface area (Å²) in [6.45, 7) is 11.5. The highest BCUT2D eigenvalue weighted by Gasteiger charge is 2.26. The maximum atomic E-state index is 13.3. The Kier molecular flexibility index (Phi) is 6.46. The average Bonchev–Trinajstić information content (AvgIpc) is 3.17. The summed E-state index contributed by atoms with van der Waals surface area (Å²) in [5.41, 5.74) is 5.94. The van der Waals surface area contributed by atoms with E-state index in [4.69, 9.17) is 4.74 Å². The van der Waals surface area contributed by atoms with Crippen LogP contribution in [0.15, 0.2) is 55.1 Å². The summed E-state index contributed by atoms with van der Waals surface area (Å²) in [6, 6.07) is 14.6. The number of allylic oxidation sites excluding steroid dienone is 1. The maximum Gasteiger partial charge on any atom is 0.253 e. The van der Waals surface area contributed by atoms with Gasteiger partial charge in [-0.2, -0.15) is 0 Å². The molecule has 1 fully saturated rings. The molecule has 0 N–H and O–H groups in total. The Morgan fingerprint density at radius 3 is 2.71 bits per heavy atom. The van der Waals surface area contributed by atoms with Crippen LogP contribution in [0.4, 0.5) is 0 Å². The van der Waals surface area contributed by atoms with E-state index < -0.39 is 0 Å². The highest BCUT2D eigenvalue weighted by molar-refractivity contribution is 5.99. The number of likely N-dealkylation sites (tertiary alicyclic amines) is 1. The summed E-state index contributed by atoms with van der Waals surface area (Å²) >= 11 is 0. The van der Waals surface area contributed by atoms with Crippen LogP contribution < -0.4 is 4.74 Å². The summed E-state index contributed by atoms with van der Waals surface area (Å²) in [7, 11) is 1.73. The van der Waals surface area contributed by atoms with E-state index in [0.717, 1.165) is 69.8 Å². The van der Waals surface area contributed by atoms with Crippen molar-refractivity contribution in [1.82, 2.24) is 14.4 Å². The Labute approximate surface area is 202 Å². The van der Waals surface area contributed by atoms with E-state index in [2.05, 4.69) is 47.2 Å². The van der Waals surface area contributed by atoms with Crippen LogP contribution in [0.5, 0.6) is 5.75 Å². The molecule has 2 aromatic carbocycles. The van der Waals surface area contributed by atoms with E-state index in [1.807, 2.05) is 29.2 Å². The van der Waals surface area contributed by atoms with Gasteiger partial charge in [-0.25, -0.2) is 0 Å². The Morgan fingerprint density at radius 1 is 1.15 bits per heavy atom. The van der Waals surface area contributed by atoms with Crippen LogP contribution in [-0.4, -0.2) is 47.0 Å². The molecule has 5 nitrogen and oxygen atoms in total. The number of ether oxygens (including phenoxy) is 1. The van der Waals surface area contributed by atoms with Gasteiger partial charge >= 0.3 is 0 Å². The molecule has 1 saturated heterocycles. The molecule has 2 aliphatic rings. The lowest BCUT2D eigenvalue weighted by molar-refractivity contribution is 0.0697. The Balaban J connectivity index is 1.47. The van der Waals surface area contributed by atoms with Crippen LogP contribution in [-0.2, 0) is 26.1 Å². The number of methoxy groups -OCH3 is 1. The molecule has 5 heteroatoms. The van der Waals surface area contributed by atoms with Gasteiger partial charge in [0.25, 0.3) is 5.91 Å². The number of para-hydroxylation sites is 1. The number of amides is 1. The number of carbonyl (C=O) groups is 1. The van der Waals surface area contributed by atoms with E-state index in [-0.39, 0.29) is 5.91 Å². The van der Waals surface area contributed by atoms with Crippen LogP contribution in [0, 0.1) is 5.92 Å². The number of fused-ring (bicyclic) bond motifs is 3. The van der Waals surface area contributed by atoms with Crippen molar-refractivity contribution in [1.29, 1.82) is 0 Å². The SMILES string of the molecule is C=CCn1c2c(c3cc(C(=O)N4CCC(C)CC4)ccc31)CN(Cc1ccccc1OC)CC2. The molecule has 0 saturated carbocycles. The third kappa shape index (κ3) is 4.25. The highest BCUT2D eigenvalue weighted by Crippen LogP contribution is 2.33. The maximum absolute atomic E-state index is 13.3. The molecule has 0 spiro atoms. The topological polar surface area (TPSA) is 37.7 Å². The minimum Gasteiger partial charge on any atom is -0.496 e. The Hall–Kier alpha value is -3.05. The smallest absolute Gasteiger partial charge is 0.253 e. The summed E-state index contributed by atoms with van der Waals surface area (Å²) in [5.74, 6) is 1.81. The lowest BCUT2D eigenvalue weighted by atomic mass is 9.98. The molecule has 0 unspecified atom stereocenters. The van der Waals surface area contributed by atoms with Crippen LogP contribution in [0.2, 0.25) is 0 Å². The molecule has 3 heterocycles. The number of rotatable bonds is 6. The van der Waals surface area contributed by atoms with Crippen molar-refractivity contribution in [2.45, 2.75) is 45.8 Å². The number of hydrogen-bond acceptors (Lipinski definition) is 3. The van der Waals surface area contributed by atoms with Gasteiger partial charge in [-0.1, -0.05) is 31.2 Å². The standard InChI is InChI=1S/C29H35N3O2/c1-4-14-32-26-10-9-22(29(33)31-16-11-21(2)12-17-31)18-24(26)25-20-30(15-13-27(25)32)19-23-7-5-6-8-28(23)34-3/h4-10,18,21H,1,11-17,19-20H2,2-3H3. The van der Waals surface area contributed by atoms with E-state index in [1.165, 1.54) is 27.7 Å². The minimum atomic E-state index is 0.167. The fraction of sp³-hybridized carbons (Fsp3) is 0.414. The monoisotopic (exact) mass is 457 g/mol. The predicted octanol–water partition coefficient (Wildman–Crippen LogP) is 5.27. The van der Waals surface area contributed by atoms with Gasteiger partial charge in [0.1, 0.15) is 5.75 Å². The molecule has 2 aliphatic heterocycles. The number of piperidine rings is 1. The summed E-state index contributed by atoms with van der Waals surface area (Å²) < 4.78 is 7.97. The van der Waals surface area contributed by atoms with E-state index in [9.17, 15) is 4.79 Å². The Morgan fingerprint density at radius 2 is 1.94 bits per heavy atom. The number of carbonyl (C=O) groups excluding carboxylic acids is 1. The van der Waals surface area contributed by atoms with Gasteiger partial charge in [0.2, 0.25) is 0 Å². The van der Waals surface area contributed by atoms with E-state index >= 15 is 0 Å². The first-order chi connectivity index (χ1) is 16.6. The fourth-order valence-electron chi connectivity index (χ4n) is 5.58. The van der Waals surface area contributed by atoms with Gasteiger partial charge in [0.15, 0.2) is 0 Å². The summed E-state index contributed by atoms with van der Waals surface area (Å²) in [5, 5.41) is 1.21. The quantitative estimate of drug-likeness (QED) is 0.474. The van der Waals surface area contributed by atoms with Gasteiger partial charge < -0.3 is 14.2 Å². The van der Waals surface area contributed by atoms with Gasteiger partial charge in [-0.05, 0) is 48.6 Å². The summed E-state index contributed by atoms with van der Waals surface area (Å²) in [4.78, 5) is 17.8. The van der Waals surface area contributed by atoms with Crippen molar-refractivity contribution >= 4 is 16.8 Å². The van der Waals surface area contributed by atoms with Crippen LogP contribution in [0.25, 0.3) is 10.9 Å². The minimum absolute atomic E-state index is 0.167. The molecule has 0 aliphatic carbocycles. The second-order valence-corrected chi connectivity index (χ2v) is 9.80. The van der Waals surface area contributed by atoms with Crippen LogP contribution in [0.1, 0.15) is 46.9 Å². The lowest BCUT2D eigenvalue weighted by Gasteiger charge is -2.30. The lowest BCUT2D eigenvalue weighted by Crippen LogP contribution is -2.37. The zero-order chi connectivity index (χ0) is 23.7. The predicted molar refractivity (Wildman–Crippen MR) is 137 cm³/mol. The molecule has 1 amide bonds. The number of aromatic nitrogens is 1. The number of nitrogens with zero attached hydrogens (tertiary/aromatic N) is 3. The largest absolute Gasteiger partial charge is 0.496 e. The van der Waals surface area contributed by atoms with Crippen molar-refractivity contribution < 1.29 is 9.53 Å². The third-order valence-corrected chi connectivity index (χ3v) is 7.55. The molecule has 0 bridgehead atoms. The second kappa shape index (κ2) is 9.67. The molecule has 178 valence electrons.